The molecule has 1 aromatic heterocycles. The van der Waals surface area contributed by atoms with Gasteiger partial charge in [-0.05, 0) is 24.5 Å². The van der Waals surface area contributed by atoms with Crippen molar-refractivity contribution in [3.05, 3.63) is 36.0 Å². The van der Waals surface area contributed by atoms with Gasteiger partial charge in [0.2, 0.25) is 23.6 Å². The van der Waals surface area contributed by atoms with E-state index in [-0.39, 0.29) is 25.3 Å². The molecule has 0 saturated carbocycles. The number of guanidine groups is 1. The van der Waals surface area contributed by atoms with Gasteiger partial charge in [-0.25, -0.2) is 4.79 Å². The molecule has 4 unspecified atom stereocenters. The van der Waals surface area contributed by atoms with Crippen molar-refractivity contribution in [2.75, 3.05) is 6.54 Å². The quantitative estimate of drug-likeness (QED) is 0.0503. The number of H-pyrrole nitrogens is 1. The minimum absolute atomic E-state index is 0.117. The number of fused-ring (bicyclic) bond motifs is 1. The van der Waals surface area contributed by atoms with Crippen LogP contribution in [0.15, 0.2) is 35.5 Å². The highest BCUT2D eigenvalue weighted by atomic mass is 16.4. The second kappa shape index (κ2) is 15.6. The molecular weight excluding hydrogens is 554 g/mol. The van der Waals surface area contributed by atoms with Crippen molar-refractivity contribution in [2.45, 2.75) is 56.3 Å². The summed E-state index contributed by atoms with van der Waals surface area (Å²) in [5, 5.41) is 26.3. The Bertz CT molecular complexity index is 1340. The van der Waals surface area contributed by atoms with Gasteiger partial charge in [-0.1, -0.05) is 18.2 Å². The van der Waals surface area contributed by atoms with E-state index in [1.165, 1.54) is 0 Å². The Hall–Kier alpha value is -5.19. The SMILES string of the molecule is NC(=O)CC(NC(=O)C(Cc1c[nH]c2ccccc12)NC(=O)C(CC(=O)O)NC(=O)C(N)CCCN=C(N)N)C(=O)O. The van der Waals surface area contributed by atoms with Gasteiger partial charge in [-0.15, -0.1) is 0 Å². The van der Waals surface area contributed by atoms with Crippen molar-refractivity contribution in [3.63, 3.8) is 0 Å². The summed E-state index contributed by atoms with van der Waals surface area (Å²) in [6.45, 7) is 0.195. The Labute approximate surface area is 239 Å². The largest absolute Gasteiger partial charge is 0.481 e. The number of aliphatic imine (C=N–C) groups is 1. The first-order chi connectivity index (χ1) is 19.8. The first-order valence-electron chi connectivity index (χ1n) is 12.8. The monoisotopic (exact) mass is 589 g/mol. The van der Waals surface area contributed by atoms with Crippen molar-refractivity contribution < 1.29 is 39.0 Å². The van der Waals surface area contributed by atoms with Crippen molar-refractivity contribution in [1.29, 1.82) is 0 Å². The van der Waals surface area contributed by atoms with E-state index in [1.54, 1.807) is 30.5 Å². The number of carboxylic acids is 2. The normalized spacial score (nSPS) is 13.6. The van der Waals surface area contributed by atoms with Crippen LogP contribution in [-0.2, 0) is 35.2 Å². The summed E-state index contributed by atoms with van der Waals surface area (Å²) in [4.78, 5) is 80.2. The van der Waals surface area contributed by atoms with E-state index in [0.717, 1.165) is 5.52 Å². The van der Waals surface area contributed by atoms with Crippen LogP contribution in [0.2, 0.25) is 0 Å². The number of rotatable bonds is 17. The minimum atomic E-state index is -1.69. The van der Waals surface area contributed by atoms with Crippen molar-refractivity contribution in [1.82, 2.24) is 20.9 Å². The minimum Gasteiger partial charge on any atom is -0.481 e. The van der Waals surface area contributed by atoms with Crippen LogP contribution in [0.25, 0.3) is 10.9 Å². The highest BCUT2D eigenvalue weighted by Gasteiger charge is 2.32. The van der Waals surface area contributed by atoms with Crippen molar-refractivity contribution in [3.8, 4) is 0 Å². The predicted molar refractivity (Wildman–Crippen MR) is 149 cm³/mol. The molecule has 2 aromatic rings. The highest BCUT2D eigenvalue weighted by molar-refractivity contribution is 5.96. The van der Waals surface area contributed by atoms with Gasteiger partial charge in [0.25, 0.3) is 0 Å². The number of hydrogen-bond donors (Lipinski definition) is 10. The molecule has 4 amide bonds. The van der Waals surface area contributed by atoms with Gasteiger partial charge in [0, 0.05) is 30.1 Å². The van der Waals surface area contributed by atoms with Crippen molar-refractivity contribution >= 4 is 52.4 Å². The van der Waals surface area contributed by atoms with E-state index in [4.69, 9.17) is 22.9 Å². The highest BCUT2D eigenvalue weighted by Crippen LogP contribution is 2.19. The van der Waals surface area contributed by atoms with Crippen molar-refractivity contribution in [2.24, 2.45) is 27.9 Å². The lowest BCUT2D eigenvalue weighted by molar-refractivity contribution is -0.144. The van der Waals surface area contributed by atoms with E-state index in [0.29, 0.717) is 17.4 Å². The molecule has 1 aromatic carbocycles. The molecule has 228 valence electrons. The number of primary amides is 1. The number of benzene rings is 1. The summed E-state index contributed by atoms with van der Waals surface area (Å²) >= 11 is 0. The summed E-state index contributed by atoms with van der Waals surface area (Å²) in [5.74, 6) is -6.95. The zero-order valence-electron chi connectivity index (χ0n) is 22.5. The summed E-state index contributed by atoms with van der Waals surface area (Å²) < 4.78 is 0. The van der Waals surface area contributed by atoms with Crippen LogP contribution in [0.1, 0.15) is 31.2 Å². The van der Waals surface area contributed by atoms with Crippen LogP contribution in [0, 0.1) is 0 Å². The molecule has 0 aliphatic carbocycles. The Balaban J connectivity index is 2.27. The maximum atomic E-state index is 13.2. The maximum absolute atomic E-state index is 13.2. The number of para-hydroxylation sites is 1. The molecule has 17 nitrogen and oxygen atoms in total. The van der Waals surface area contributed by atoms with Gasteiger partial charge in [-0.3, -0.25) is 29.0 Å². The first kappa shape index (κ1) is 33.0. The molecule has 17 heteroatoms. The lowest BCUT2D eigenvalue weighted by Crippen LogP contribution is -2.58. The fourth-order valence-corrected chi connectivity index (χ4v) is 3.99. The molecule has 0 spiro atoms. The third-order valence-electron chi connectivity index (χ3n) is 6.07. The fourth-order valence-electron chi connectivity index (χ4n) is 3.99. The number of carbonyl (C=O) groups is 6. The average Bonchev–Trinajstić information content (AvgIpc) is 3.31. The van der Waals surface area contributed by atoms with Gasteiger partial charge < -0.3 is 54.1 Å². The Morgan fingerprint density at radius 1 is 0.857 bits per heavy atom. The number of nitrogens with one attached hydrogen (secondary N) is 4. The smallest absolute Gasteiger partial charge is 0.326 e. The standard InChI is InChI=1S/C25H35N9O8/c26-14(5-3-7-30-25(28)29)21(38)32-17(10-20(36)37)23(40)33-16(22(39)34-18(24(41)42)9-19(27)35)8-12-11-31-15-6-2-1-4-13(12)15/h1-2,4,6,11,14,16-18,31H,3,5,7-10,26H2,(H2,27,35)(H,32,38)(H,33,40)(H,34,39)(H,36,37)(H,41,42)(H4,28,29,30). The molecule has 0 aliphatic heterocycles. The second-order valence-corrected chi connectivity index (χ2v) is 9.41. The van der Waals surface area contributed by atoms with Gasteiger partial charge >= 0.3 is 11.9 Å². The number of hydrogen-bond acceptors (Lipinski definition) is 8. The molecule has 0 aliphatic rings. The maximum Gasteiger partial charge on any atom is 0.326 e. The third kappa shape index (κ3) is 10.4. The number of amides is 4. The zero-order valence-corrected chi connectivity index (χ0v) is 22.5. The lowest BCUT2D eigenvalue weighted by atomic mass is 10.0. The first-order valence-corrected chi connectivity index (χ1v) is 12.8. The fraction of sp³-hybridized carbons (Fsp3) is 0.400. The third-order valence-corrected chi connectivity index (χ3v) is 6.07. The van der Waals surface area contributed by atoms with Crippen LogP contribution in [-0.4, -0.2) is 87.4 Å². The van der Waals surface area contributed by atoms with E-state index < -0.39 is 72.6 Å². The van der Waals surface area contributed by atoms with Crippen LogP contribution < -0.4 is 38.9 Å². The number of aliphatic carboxylic acids is 2. The van der Waals surface area contributed by atoms with Gasteiger partial charge in [0.1, 0.15) is 18.1 Å². The molecule has 2 rings (SSSR count). The molecule has 14 N–H and O–H groups in total. The molecule has 0 fully saturated rings. The summed E-state index contributed by atoms with van der Waals surface area (Å²) in [5.41, 5.74) is 22.7. The van der Waals surface area contributed by atoms with Gasteiger partial charge in [-0.2, -0.15) is 0 Å². The zero-order chi connectivity index (χ0) is 31.4. The van der Waals surface area contributed by atoms with E-state index >= 15 is 0 Å². The summed E-state index contributed by atoms with van der Waals surface area (Å²) in [6, 6.07) is 1.15. The van der Waals surface area contributed by atoms with Crippen LogP contribution in [0.3, 0.4) is 0 Å². The summed E-state index contributed by atoms with van der Waals surface area (Å²) in [6.07, 6.45) is 0.305. The molecule has 42 heavy (non-hydrogen) atoms. The number of carbonyl (C=O) groups excluding carboxylic acids is 4. The van der Waals surface area contributed by atoms with Gasteiger partial charge in [0.15, 0.2) is 5.96 Å². The number of aromatic nitrogens is 1. The topological polar surface area (TPSA) is 311 Å². The Morgan fingerprint density at radius 2 is 1.48 bits per heavy atom. The number of nitrogens with two attached hydrogens (primary N) is 4. The van der Waals surface area contributed by atoms with Crippen LogP contribution in [0.5, 0.6) is 0 Å². The Kier molecular flexibility index (Phi) is 12.2. The number of nitrogens with zero attached hydrogens (tertiary/aromatic N) is 1. The van der Waals surface area contributed by atoms with Crippen LogP contribution >= 0.6 is 0 Å². The predicted octanol–water partition coefficient (Wildman–Crippen LogP) is -3.02. The van der Waals surface area contributed by atoms with Gasteiger partial charge in [0.05, 0.1) is 18.9 Å². The van der Waals surface area contributed by atoms with E-state index in [1.807, 2.05) is 0 Å². The lowest BCUT2D eigenvalue weighted by Gasteiger charge is -2.24. The molecular formula is C25H35N9O8. The molecule has 0 radical (unpaired) electrons. The van der Waals surface area contributed by atoms with E-state index in [2.05, 4.69) is 25.9 Å². The number of carboxylic acid groups (broad SMARTS) is 2. The second-order valence-electron chi connectivity index (χ2n) is 9.41. The number of aromatic amines is 1. The molecule has 4 atom stereocenters. The Morgan fingerprint density at radius 3 is 2.10 bits per heavy atom. The van der Waals surface area contributed by atoms with E-state index in [9.17, 15) is 39.0 Å². The summed E-state index contributed by atoms with van der Waals surface area (Å²) in [7, 11) is 0. The molecule has 0 bridgehead atoms. The average molecular weight is 590 g/mol. The molecule has 1 heterocycles. The van der Waals surface area contributed by atoms with Crippen LogP contribution in [0.4, 0.5) is 0 Å². The molecule has 0 saturated heterocycles.